The lowest BCUT2D eigenvalue weighted by molar-refractivity contribution is 0.425. The van der Waals surface area contributed by atoms with Crippen LogP contribution in [0.1, 0.15) is 39.5 Å². The summed E-state index contributed by atoms with van der Waals surface area (Å²) in [5.41, 5.74) is 0. The normalized spacial score (nSPS) is 11.4. The summed E-state index contributed by atoms with van der Waals surface area (Å²) in [6, 6.07) is 6.73. The molecule has 1 N–H and O–H groups in total. The number of aromatic hydroxyl groups is 1. The van der Waals surface area contributed by atoms with Gasteiger partial charge in [-0.15, -0.1) is 0 Å². The summed E-state index contributed by atoms with van der Waals surface area (Å²) in [6.45, 7) is 4.15. The van der Waals surface area contributed by atoms with Crippen molar-refractivity contribution < 1.29 is 14.2 Å². The van der Waals surface area contributed by atoms with Gasteiger partial charge in [-0.25, -0.2) is 0 Å². The Bertz CT molecular complexity index is 392. The van der Waals surface area contributed by atoms with Crippen LogP contribution in [0.4, 0.5) is 0 Å². The van der Waals surface area contributed by atoms with E-state index in [4.69, 9.17) is 4.52 Å². The molecular formula is C14H23O3P. The fourth-order valence-electron chi connectivity index (χ4n) is 1.71. The van der Waals surface area contributed by atoms with Crippen molar-refractivity contribution in [3.05, 3.63) is 24.3 Å². The van der Waals surface area contributed by atoms with Gasteiger partial charge in [0.25, 0.3) is 0 Å². The van der Waals surface area contributed by atoms with E-state index in [0.29, 0.717) is 18.1 Å². The van der Waals surface area contributed by atoms with Crippen LogP contribution in [0.15, 0.2) is 24.3 Å². The Kier molecular flexibility index (Phi) is 6.28. The maximum atomic E-state index is 12.7. The number of benzene rings is 1. The molecule has 1 rings (SSSR count). The first kappa shape index (κ1) is 15.1. The van der Waals surface area contributed by atoms with E-state index in [1.54, 1.807) is 24.3 Å². The zero-order valence-electron chi connectivity index (χ0n) is 11.3. The summed E-state index contributed by atoms with van der Waals surface area (Å²) in [5, 5.41) is 9.68. The number of phenols is 1. The lowest BCUT2D eigenvalue weighted by Crippen LogP contribution is -2.03. The number of unbranched alkanes of at least 4 members (excludes halogenated alkanes) is 2. The molecule has 0 fully saturated rings. The summed E-state index contributed by atoms with van der Waals surface area (Å²) in [4.78, 5) is 0. The molecule has 0 amide bonds. The van der Waals surface area contributed by atoms with Crippen LogP contribution in [0.5, 0.6) is 11.5 Å². The maximum Gasteiger partial charge on any atom is 0.248 e. The molecule has 0 unspecified atom stereocenters. The van der Waals surface area contributed by atoms with Gasteiger partial charge in [-0.05, 0) is 25.0 Å². The molecule has 0 atom stereocenters. The second-order valence-corrected chi connectivity index (χ2v) is 7.23. The average molecular weight is 270 g/mol. The Hall–Kier alpha value is -0.950. The molecule has 0 aromatic heterocycles. The molecule has 4 heteroatoms. The highest BCUT2D eigenvalue weighted by molar-refractivity contribution is 7.59. The number of hydrogen-bond acceptors (Lipinski definition) is 3. The van der Waals surface area contributed by atoms with Crippen LogP contribution < -0.4 is 4.52 Å². The molecule has 0 aliphatic carbocycles. The van der Waals surface area contributed by atoms with Crippen molar-refractivity contribution in [2.75, 3.05) is 12.3 Å². The number of phenolic OH excluding ortho intramolecular Hbond substituents is 1. The average Bonchev–Trinajstić information content (AvgIpc) is 2.37. The second-order valence-electron chi connectivity index (χ2n) is 4.53. The van der Waals surface area contributed by atoms with Crippen molar-refractivity contribution in [2.24, 2.45) is 0 Å². The molecule has 0 heterocycles. The summed E-state index contributed by atoms with van der Waals surface area (Å²) in [7, 11) is -2.66. The Morgan fingerprint density at radius 2 is 1.67 bits per heavy atom. The molecule has 0 spiro atoms. The highest BCUT2D eigenvalue weighted by Gasteiger charge is 2.24. The van der Waals surface area contributed by atoms with Crippen molar-refractivity contribution in [1.29, 1.82) is 0 Å². The van der Waals surface area contributed by atoms with Crippen LogP contribution in [0.25, 0.3) is 0 Å². The van der Waals surface area contributed by atoms with Crippen LogP contribution in [-0.2, 0) is 4.57 Å². The Labute approximate surface area is 110 Å². The van der Waals surface area contributed by atoms with Gasteiger partial charge in [0, 0.05) is 12.3 Å². The quantitative estimate of drug-likeness (QED) is 0.699. The zero-order chi connectivity index (χ0) is 13.4. The first-order chi connectivity index (χ1) is 8.61. The molecule has 0 aliphatic heterocycles. The third kappa shape index (κ3) is 4.73. The predicted octanol–water partition coefficient (Wildman–Crippen LogP) is 4.65. The van der Waals surface area contributed by atoms with E-state index < -0.39 is 7.37 Å². The first-order valence-electron chi connectivity index (χ1n) is 6.67. The molecule has 0 radical (unpaired) electrons. The third-order valence-electron chi connectivity index (χ3n) is 2.83. The van der Waals surface area contributed by atoms with E-state index in [1.807, 2.05) is 0 Å². The number of rotatable bonds is 8. The topological polar surface area (TPSA) is 46.5 Å². The highest BCUT2D eigenvalue weighted by atomic mass is 31.2. The fraction of sp³-hybridized carbons (Fsp3) is 0.571. The Morgan fingerprint density at radius 3 is 2.17 bits per heavy atom. The van der Waals surface area contributed by atoms with E-state index in [2.05, 4.69) is 13.8 Å². The van der Waals surface area contributed by atoms with E-state index in [0.717, 1.165) is 25.7 Å². The van der Waals surface area contributed by atoms with Crippen LogP contribution in [0, 0.1) is 0 Å². The molecule has 0 saturated carbocycles. The zero-order valence-corrected chi connectivity index (χ0v) is 12.2. The minimum absolute atomic E-state index is 0.0609. The fourth-order valence-corrected chi connectivity index (χ4v) is 4.23. The van der Waals surface area contributed by atoms with Crippen LogP contribution >= 0.6 is 7.37 Å². The smallest absolute Gasteiger partial charge is 0.248 e. The van der Waals surface area contributed by atoms with Crippen molar-refractivity contribution in [3.8, 4) is 11.5 Å². The summed E-state index contributed by atoms with van der Waals surface area (Å²) >= 11 is 0. The molecule has 0 saturated heterocycles. The van der Waals surface area contributed by atoms with Gasteiger partial charge in [-0.2, -0.15) is 0 Å². The van der Waals surface area contributed by atoms with Gasteiger partial charge in [0.2, 0.25) is 7.37 Å². The van der Waals surface area contributed by atoms with E-state index in [1.165, 1.54) is 0 Å². The molecule has 102 valence electrons. The summed E-state index contributed by atoms with van der Waals surface area (Å²) in [5.74, 6) is 0.402. The molecule has 3 nitrogen and oxygen atoms in total. The monoisotopic (exact) mass is 270 g/mol. The van der Waals surface area contributed by atoms with Crippen LogP contribution in [0.3, 0.4) is 0 Å². The highest BCUT2D eigenvalue weighted by Crippen LogP contribution is 2.50. The van der Waals surface area contributed by atoms with Crippen LogP contribution in [0.2, 0.25) is 0 Å². The van der Waals surface area contributed by atoms with Crippen molar-refractivity contribution >= 4 is 7.37 Å². The van der Waals surface area contributed by atoms with Gasteiger partial charge in [-0.3, -0.25) is 4.57 Å². The van der Waals surface area contributed by atoms with Gasteiger partial charge in [0.05, 0.1) is 0 Å². The Morgan fingerprint density at radius 1 is 1.11 bits per heavy atom. The molecule has 1 aromatic rings. The minimum atomic E-state index is -2.66. The lowest BCUT2D eigenvalue weighted by atomic mass is 10.3. The maximum absolute atomic E-state index is 12.7. The largest absolute Gasteiger partial charge is 0.504 e. The lowest BCUT2D eigenvalue weighted by Gasteiger charge is -2.19. The molecule has 0 bridgehead atoms. The molecule has 0 aliphatic rings. The van der Waals surface area contributed by atoms with Gasteiger partial charge >= 0.3 is 0 Å². The van der Waals surface area contributed by atoms with Crippen LogP contribution in [-0.4, -0.2) is 17.4 Å². The number of para-hydroxylation sites is 2. The van der Waals surface area contributed by atoms with E-state index in [-0.39, 0.29) is 5.75 Å². The summed E-state index contributed by atoms with van der Waals surface area (Å²) < 4.78 is 18.4. The molecular weight excluding hydrogens is 247 g/mol. The first-order valence-corrected chi connectivity index (χ1v) is 8.66. The molecule has 1 aromatic carbocycles. The van der Waals surface area contributed by atoms with Gasteiger partial charge in [-0.1, -0.05) is 38.8 Å². The van der Waals surface area contributed by atoms with Crippen molar-refractivity contribution in [1.82, 2.24) is 0 Å². The summed E-state index contributed by atoms with van der Waals surface area (Å²) in [6.07, 6.45) is 4.99. The van der Waals surface area contributed by atoms with E-state index >= 15 is 0 Å². The Balaban J connectivity index is 2.77. The van der Waals surface area contributed by atoms with Crippen molar-refractivity contribution in [2.45, 2.75) is 39.5 Å². The van der Waals surface area contributed by atoms with Crippen molar-refractivity contribution in [3.63, 3.8) is 0 Å². The minimum Gasteiger partial charge on any atom is -0.504 e. The van der Waals surface area contributed by atoms with Gasteiger partial charge in [0.15, 0.2) is 11.5 Å². The van der Waals surface area contributed by atoms with Gasteiger partial charge in [0.1, 0.15) is 0 Å². The SMILES string of the molecule is CCCCP(=O)(CCCC)Oc1ccccc1O. The number of hydrogen-bond donors (Lipinski definition) is 1. The third-order valence-corrected chi connectivity index (χ3v) is 5.36. The van der Waals surface area contributed by atoms with Gasteiger partial charge < -0.3 is 9.63 Å². The predicted molar refractivity (Wildman–Crippen MR) is 75.9 cm³/mol. The second kappa shape index (κ2) is 7.48. The van der Waals surface area contributed by atoms with E-state index in [9.17, 15) is 9.67 Å². The standard InChI is InChI=1S/C14H23O3P/c1-3-5-11-18(16,12-6-4-2)17-14-10-8-7-9-13(14)15/h7-10,15H,3-6,11-12H2,1-2H3. The molecule has 18 heavy (non-hydrogen) atoms.